The van der Waals surface area contributed by atoms with Crippen molar-refractivity contribution in [3.63, 3.8) is 0 Å². The second kappa shape index (κ2) is 6.84. The number of aliphatic hydroxyl groups excluding tert-OH is 1. The lowest BCUT2D eigenvalue weighted by Gasteiger charge is -2.17. The van der Waals surface area contributed by atoms with E-state index in [0.717, 1.165) is 11.1 Å². The molecule has 7 heteroatoms. The molecule has 1 saturated heterocycles. The van der Waals surface area contributed by atoms with Gasteiger partial charge in [-0.25, -0.2) is 8.42 Å². The Hall–Kier alpha value is -1.41. The van der Waals surface area contributed by atoms with Crippen molar-refractivity contribution < 1.29 is 18.3 Å². The van der Waals surface area contributed by atoms with Crippen molar-refractivity contribution in [2.45, 2.75) is 17.7 Å². The molecule has 24 heavy (non-hydrogen) atoms. The third-order valence-corrected chi connectivity index (χ3v) is 7.15. The highest BCUT2D eigenvalue weighted by Gasteiger charge is 2.39. The first kappa shape index (κ1) is 17.4. The van der Waals surface area contributed by atoms with Gasteiger partial charge in [0, 0.05) is 31.5 Å². The van der Waals surface area contributed by atoms with E-state index in [1.54, 1.807) is 36.6 Å². The number of hydrogen-bond acceptors (Lipinski definition) is 5. The van der Waals surface area contributed by atoms with Crippen LogP contribution in [-0.4, -0.2) is 44.6 Å². The molecule has 2 heterocycles. The smallest absolute Gasteiger partial charge is 0.243 e. The maximum atomic E-state index is 13.0. The first-order valence-electron chi connectivity index (χ1n) is 7.75. The van der Waals surface area contributed by atoms with E-state index >= 15 is 0 Å². The molecule has 0 bridgehead atoms. The highest BCUT2D eigenvalue weighted by atomic mass is 32.2. The van der Waals surface area contributed by atoms with Crippen LogP contribution < -0.4 is 4.74 Å². The van der Waals surface area contributed by atoms with Crippen LogP contribution in [0.4, 0.5) is 0 Å². The van der Waals surface area contributed by atoms with E-state index in [0.29, 0.717) is 18.8 Å². The molecule has 1 aromatic heterocycles. The Bertz CT molecular complexity index is 802. The second-order valence-electron chi connectivity index (χ2n) is 6.06. The third kappa shape index (κ3) is 3.09. The van der Waals surface area contributed by atoms with Gasteiger partial charge in [0.1, 0.15) is 5.75 Å². The van der Waals surface area contributed by atoms with Crippen LogP contribution in [0.5, 0.6) is 5.75 Å². The van der Waals surface area contributed by atoms with E-state index in [2.05, 4.69) is 0 Å². The fourth-order valence-electron chi connectivity index (χ4n) is 3.24. The average Bonchev–Trinajstić information content (AvgIpc) is 3.23. The third-order valence-electron chi connectivity index (χ3n) is 4.62. The molecule has 5 nitrogen and oxygen atoms in total. The number of thiophene rings is 1. The molecule has 0 amide bonds. The standard InChI is InChI=1S/C17H21NO4S2/c1-12-7-15(3-4-17(12)22-2)24(20,21)18-8-14(10-19)16(9-18)13-5-6-23-11-13/h3-7,11,14,16,19H,8-10H2,1-2H3/t14-,16+/m1/s1. The van der Waals surface area contributed by atoms with Gasteiger partial charge in [-0.05, 0) is 53.1 Å². The fourth-order valence-corrected chi connectivity index (χ4v) is 5.57. The van der Waals surface area contributed by atoms with Crippen LogP contribution in [0.15, 0.2) is 39.9 Å². The fraction of sp³-hybridized carbons (Fsp3) is 0.412. The zero-order valence-corrected chi connectivity index (χ0v) is 15.3. The van der Waals surface area contributed by atoms with Gasteiger partial charge in [0.25, 0.3) is 0 Å². The summed E-state index contributed by atoms with van der Waals surface area (Å²) in [6.07, 6.45) is 0. The number of ether oxygens (including phenoxy) is 1. The zero-order valence-electron chi connectivity index (χ0n) is 13.7. The number of sulfonamides is 1. The quantitative estimate of drug-likeness (QED) is 0.882. The minimum Gasteiger partial charge on any atom is -0.496 e. The lowest BCUT2D eigenvalue weighted by atomic mass is 9.92. The summed E-state index contributed by atoms with van der Waals surface area (Å²) in [5, 5.41) is 13.7. The highest BCUT2D eigenvalue weighted by Crippen LogP contribution is 2.36. The number of aliphatic hydroxyl groups is 1. The number of hydrogen-bond donors (Lipinski definition) is 1. The molecule has 1 fully saturated rings. The van der Waals surface area contributed by atoms with Crippen LogP contribution >= 0.6 is 11.3 Å². The Balaban J connectivity index is 1.89. The maximum Gasteiger partial charge on any atom is 0.243 e. The highest BCUT2D eigenvalue weighted by molar-refractivity contribution is 7.89. The monoisotopic (exact) mass is 367 g/mol. The lowest BCUT2D eigenvalue weighted by molar-refractivity contribution is 0.223. The molecule has 130 valence electrons. The Labute approximate surface area is 146 Å². The number of aryl methyl sites for hydroxylation is 1. The summed E-state index contributed by atoms with van der Waals surface area (Å²) < 4.78 is 32.6. The number of nitrogens with zero attached hydrogens (tertiary/aromatic N) is 1. The SMILES string of the molecule is COc1ccc(S(=O)(=O)N2C[C@H](CO)[C@H](c3ccsc3)C2)cc1C. The minimum absolute atomic E-state index is 0.0197. The first-order valence-corrected chi connectivity index (χ1v) is 10.1. The zero-order chi connectivity index (χ0) is 17.3. The van der Waals surface area contributed by atoms with Gasteiger partial charge in [-0.15, -0.1) is 0 Å². The van der Waals surface area contributed by atoms with Gasteiger partial charge in [0.15, 0.2) is 0 Å². The summed E-state index contributed by atoms with van der Waals surface area (Å²) in [6.45, 7) is 2.54. The first-order chi connectivity index (χ1) is 11.5. The van der Waals surface area contributed by atoms with Crippen molar-refractivity contribution in [1.82, 2.24) is 4.31 Å². The molecule has 2 atom stereocenters. The second-order valence-corrected chi connectivity index (χ2v) is 8.78. The summed E-state index contributed by atoms with van der Waals surface area (Å²) >= 11 is 1.59. The summed E-state index contributed by atoms with van der Waals surface area (Å²) in [7, 11) is -2.02. The van der Waals surface area contributed by atoms with Gasteiger partial charge < -0.3 is 9.84 Å². The van der Waals surface area contributed by atoms with Crippen molar-refractivity contribution in [2.75, 3.05) is 26.8 Å². The summed E-state index contributed by atoms with van der Waals surface area (Å²) in [5.74, 6) is 0.629. The van der Waals surface area contributed by atoms with Gasteiger partial charge in [0.2, 0.25) is 10.0 Å². The molecular weight excluding hydrogens is 346 g/mol. The Morgan fingerprint density at radius 1 is 1.33 bits per heavy atom. The van der Waals surface area contributed by atoms with Gasteiger partial charge in [0.05, 0.1) is 12.0 Å². The van der Waals surface area contributed by atoms with Crippen LogP contribution in [0.1, 0.15) is 17.0 Å². The van der Waals surface area contributed by atoms with E-state index in [9.17, 15) is 13.5 Å². The average molecular weight is 367 g/mol. The van der Waals surface area contributed by atoms with E-state index < -0.39 is 10.0 Å². The van der Waals surface area contributed by atoms with Crippen LogP contribution in [-0.2, 0) is 10.0 Å². The molecule has 1 aliphatic rings. The molecule has 2 aromatic rings. The largest absolute Gasteiger partial charge is 0.496 e. The normalized spacial score (nSPS) is 22.0. The van der Waals surface area contributed by atoms with Crippen LogP contribution in [0, 0.1) is 12.8 Å². The van der Waals surface area contributed by atoms with Crippen molar-refractivity contribution in [1.29, 1.82) is 0 Å². The van der Waals surface area contributed by atoms with Gasteiger partial charge in [-0.3, -0.25) is 0 Å². The molecule has 0 aliphatic carbocycles. The van der Waals surface area contributed by atoms with E-state index in [1.165, 1.54) is 4.31 Å². The number of rotatable bonds is 5. The molecule has 0 radical (unpaired) electrons. The predicted octanol–water partition coefficient (Wildman–Crippen LogP) is 2.46. The van der Waals surface area contributed by atoms with Crippen molar-refractivity contribution in [2.24, 2.45) is 5.92 Å². The van der Waals surface area contributed by atoms with Crippen molar-refractivity contribution >= 4 is 21.4 Å². The molecule has 1 N–H and O–H groups in total. The van der Waals surface area contributed by atoms with Crippen molar-refractivity contribution in [3.05, 3.63) is 46.2 Å². The van der Waals surface area contributed by atoms with Gasteiger partial charge >= 0.3 is 0 Å². The van der Waals surface area contributed by atoms with E-state index in [-0.39, 0.29) is 23.3 Å². The molecule has 0 saturated carbocycles. The summed E-state index contributed by atoms with van der Waals surface area (Å²) in [4.78, 5) is 0.267. The maximum absolute atomic E-state index is 13.0. The minimum atomic E-state index is -3.58. The molecule has 1 aliphatic heterocycles. The number of benzene rings is 1. The summed E-state index contributed by atoms with van der Waals surface area (Å²) in [6, 6.07) is 6.90. The Morgan fingerprint density at radius 3 is 2.71 bits per heavy atom. The molecule has 0 spiro atoms. The van der Waals surface area contributed by atoms with Crippen molar-refractivity contribution in [3.8, 4) is 5.75 Å². The molecule has 3 rings (SSSR count). The molecular formula is C17H21NO4S2. The molecule has 0 unspecified atom stereocenters. The lowest BCUT2D eigenvalue weighted by Crippen LogP contribution is -2.29. The van der Waals surface area contributed by atoms with E-state index in [4.69, 9.17) is 4.74 Å². The summed E-state index contributed by atoms with van der Waals surface area (Å²) in [5.41, 5.74) is 1.88. The van der Waals surface area contributed by atoms with Gasteiger partial charge in [-0.2, -0.15) is 15.6 Å². The predicted molar refractivity (Wildman–Crippen MR) is 94.1 cm³/mol. The van der Waals surface area contributed by atoms with Gasteiger partial charge in [-0.1, -0.05) is 0 Å². The number of methoxy groups -OCH3 is 1. The van der Waals surface area contributed by atoms with E-state index in [1.807, 2.05) is 23.8 Å². The Morgan fingerprint density at radius 2 is 2.12 bits per heavy atom. The van der Waals surface area contributed by atoms with Crippen LogP contribution in [0.25, 0.3) is 0 Å². The van der Waals surface area contributed by atoms with Crippen LogP contribution in [0.2, 0.25) is 0 Å². The van der Waals surface area contributed by atoms with Crippen LogP contribution in [0.3, 0.4) is 0 Å². The molecule has 1 aromatic carbocycles. The topological polar surface area (TPSA) is 66.8 Å². The Kier molecular flexibility index (Phi) is 4.96.